The summed E-state index contributed by atoms with van der Waals surface area (Å²) in [5.41, 5.74) is 2.08. The Morgan fingerprint density at radius 2 is 2.07 bits per heavy atom. The van der Waals surface area contributed by atoms with Crippen LogP contribution in [0.25, 0.3) is 0 Å². The lowest BCUT2D eigenvalue weighted by Gasteiger charge is -1.96. The maximum absolute atomic E-state index is 10.5. The molecule has 0 saturated heterocycles. The number of pyridine rings is 1. The van der Waals surface area contributed by atoms with Crippen LogP contribution < -0.4 is 9.67 Å². The zero-order valence-electron chi connectivity index (χ0n) is 8.55. The van der Waals surface area contributed by atoms with E-state index in [9.17, 15) is 4.79 Å². The van der Waals surface area contributed by atoms with Crippen LogP contribution >= 0.6 is 0 Å². The van der Waals surface area contributed by atoms with Crippen LogP contribution in [0.3, 0.4) is 0 Å². The molecule has 1 aromatic rings. The number of carboxylic acid groups (broad SMARTS) is 1. The van der Waals surface area contributed by atoms with Crippen molar-refractivity contribution >= 4 is 12.8 Å². The third-order valence-electron chi connectivity index (χ3n) is 2.34. The van der Waals surface area contributed by atoms with E-state index in [0.717, 1.165) is 11.8 Å². The highest BCUT2D eigenvalue weighted by atomic mass is 16.3. The van der Waals surface area contributed by atoms with E-state index in [-0.39, 0.29) is 0 Å². The number of carbonyl (C=O) groups is 2. The average molecular weight is 207 g/mol. The van der Waals surface area contributed by atoms with Crippen molar-refractivity contribution in [3.8, 4) is 0 Å². The van der Waals surface area contributed by atoms with Gasteiger partial charge in [-0.1, -0.05) is 0 Å². The lowest BCUT2D eigenvalue weighted by molar-refractivity contribution is -0.679. The molecule has 0 aromatic carbocycles. The first kappa shape index (κ1) is 11.4. The maximum atomic E-state index is 10.5. The lowest BCUT2D eigenvalue weighted by Crippen LogP contribution is -2.32. The summed E-state index contributed by atoms with van der Waals surface area (Å²) in [4.78, 5) is 18.8. The largest absolute Gasteiger partial charge is 0.554 e. The van der Waals surface area contributed by atoms with E-state index in [1.165, 1.54) is 18.5 Å². The van der Waals surface area contributed by atoms with Gasteiger partial charge in [-0.05, 0) is 12.8 Å². The predicted octanol–water partition coefficient (Wildman–Crippen LogP) is -0.433. The van der Waals surface area contributed by atoms with Crippen LogP contribution in [0.2, 0.25) is 0 Å². The summed E-state index contributed by atoms with van der Waals surface area (Å²) in [6.45, 7) is -0.500. The molecule has 1 heterocycles. The van der Waals surface area contributed by atoms with E-state index in [1.807, 2.05) is 25.4 Å². The molecule has 0 spiro atoms. The van der Waals surface area contributed by atoms with Gasteiger partial charge in [-0.2, -0.15) is 0 Å². The van der Waals surface area contributed by atoms with Crippen LogP contribution in [-0.2, 0) is 11.8 Å². The Morgan fingerprint density at radius 3 is 2.53 bits per heavy atom. The highest BCUT2D eigenvalue weighted by Gasteiger charge is 2.30. The fraction of sp³-hybridized carbons (Fsp3) is 0.364. The van der Waals surface area contributed by atoms with Gasteiger partial charge in [-0.3, -0.25) is 4.79 Å². The molecule has 2 rings (SSSR count). The molecule has 1 saturated carbocycles. The molecule has 0 atom stereocenters. The van der Waals surface area contributed by atoms with Gasteiger partial charge in [-0.15, -0.1) is 0 Å². The highest BCUT2D eigenvalue weighted by Crippen LogP contribution is 2.38. The van der Waals surface area contributed by atoms with Crippen LogP contribution in [0.4, 0.5) is 0 Å². The molecule has 15 heavy (non-hydrogen) atoms. The number of rotatable bonds is 2. The minimum absolute atomic E-state index is 0.500. The smallest absolute Gasteiger partial charge is 0.184 e. The summed E-state index contributed by atoms with van der Waals surface area (Å²) in [7, 11) is 2.03. The van der Waals surface area contributed by atoms with Gasteiger partial charge in [0.1, 0.15) is 7.05 Å². The zero-order chi connectivity index (χ0) is 11.3. The second kappa shape index (κ2) is 5.24. The molecular weight excluding hydrogens is 194 g/mol. The van der Waals surface area contributed by atoms with Crippen molar-refractivity contribution in [1.82, 2.24) is 0 Å². The van der Waals surface area contributed by atoms with Crippen molar-refractivity contribution < 1.29 is 19.3 Å². The van der Waals surface area contributed by atoms with E-state index < -0.39 is 6.47 Å². The van der Waals surface area contributed by atoms with Crippen molar-refractivity contribution in [3.63, 3.8) is 0 Å². The van der Waals surface area contributed by atoms with E-state index in [4.69, 9.17) is 9.90 Å². The first-order valence-corrected chi connectivity index (χ1v) is 4.73. The number of aromatic nitrogens is 1. The molecule has 0 bridgehead atoms. The quantitative estimate of drug-likeness (QED) is 0.488. The molecule has 0 amide bonds. The van der Waals surface area contributed by atoms with Crippen molar-refractivity contribution in [2.45, 2.75) is 18.8 Å². The molecule has 4 nitrogen and oxygen atoms in total. The third-order valence-corrected chi connectivity index (χ3v) is 2.34. The number of hydrogen-bond donors (Lipinski definition) is 0. The van der Waals surface area contributed by atoms with Crippen molar-refractivity contribution in [3.05, 3.63) is 29.6 Å². The Labute approximate surface area is 88.2 Å². The zero-order valence-corrected chi connectivity index (χ0v) is 8.55. The molecule has 0 unspecified atom stereocenters. The van der Waals surface area contributed by atoms with Crippen LogP contribution in [-0.4, -0.2) is 12.8 Å². The molecule has 1 fully saturated rings. The minimum atomic E-state index is -0.500. The van der Waals surface area contributed by atoms with Gasteiger partial charge in [-0.25, -0.2) is 4.57 Å². The summed E-state index contributed by atoms with van der Waals surface area (Å²) in [6.07, 6.45) is 5.41. The number of nitrogens with zero attached hydrogens (tertiary/aromatic N) is 1. The summed E-state index contributed by atoms with van der Waals surface area (Å²) in [6, 6.07) is 3.84. The second-order valence-corrected chi connectivity index (χ2v) is 3.48. The standard InChI is InChI=1S/C10H12NO.CH2O2/c1-11-5-4-8(7-12)6-10(11)9-2-3-9;2-1-3/h4-7,9H,2-3H2,1H3;1H,(H,2,3)/q+1;/p-1. The minimum Gasteiger partial charge on any atom is -0.554 e. The van der Waals surface area contributed by atoms with Crippen LogP contribution in [0.1, 0.15) is 34.8 Å². The Balaban J connectivity index is 0.000000337. The Morgan fingerprint density at radius 1 is 1.47 bits per heavy atom. The molecular formula is C11H13NO3. The van der Waals surface area contributed by atoms with Gasteiger partial charge < -0.3 is 9.90 Å². The molecule has 0 N–H and O–H groups in total. The fourth-order valence-corrected chi connectivity index (χ4v) is 1.46. The highest BCUT2D eigenvalue weighted by molar-refractivity contribution is 5.74. The van der Waals surface area contributed by atoms with Gasteiger partial charge in [0.15, 0.2) is 18.2 Å². The van der Waals surface area contributed by atoms with Crippen molar-refractivity contribution in [1.29, 1.82) is 0 Å². The maximum Gasteiger partial charge on any atom is 0.184 e. The van der Waals surface area contributed by atoms with Gasteiger partial charge in [0.25, 0.3) is 0 Å². The van der Waals surface area contributed by atoms with Gasteiger partial charge in [0.05, 0.1) is 0 Å². The number of hydrogen-bond acceptors (Lipinski definition) is 3. The summed E-state index contributed by atoms with van der Waals surface area (Å²) < 4.78 is 2.10. The van der Waals surface area contributed by atoms with E-state index >= 15 is 0 Å². The predicted molar refractivity (Wildman–Crippen MR) is 51.0 cm³/mol. The summed E-state index contributed by atoms with van der Waals surface area (Å²) >= 11 is 0. The first-order chi connectivity index (χ1) is 7.22. The molecule has 1 aliphatic rings. The average Bonchev–Trinajstić information content (AvgIpc) is 3.03. The Hall–Kier alpha value is -1.71. The Kier molecular flexibility index (Phi) is 3.97. The molecule has 0 radical (unpaired) electrons. The summed E-state index contributed by atoms with van der Waals surface area (Å²) in [5.74, 6) is 0.704. The molecule has 80 valence electrons. The molecule has 0 aliphatic heterocycles. The number of carbonyl (C=O) groups excluding carboxylic acids is 2. The van der Waals surface area contributed by atoms with Gasteiger partial charge >= 0.3 is 0 Å². The fourth-order valence-electron chi connectivity index (χ4n) is 1.46. The van der Waals surface area contributed by atoms with Crippen molar-refractivity contribution in [2.75, 3.05) is 0 Å². The van der Waals surface area contributed by atoms with Crippen molar-refractivity contribution in [2.24, 2.45) is 7.05 Å². The SMILES string of the molecule is C[n+]1ccc(C=O)cc1C1CC1.O=C[O-]. The monoisotopic (exact) mass is 207 g/mol. The first-order valence-electron chi connectivity index (χ1n) is 4.73. The molecule has 4 heteroatoms. The molecule has 1 aliphatic carbocycles. The van der Waals surface area contributed by atoms with Gasteiger partial charge in [0, 0.05) is 30.1 Å². The number of aryl methyl sites for hydroxylation is 1. The lowest BCUT2D eigenvalue weighted by atomic mass is 10.2. The van der Waals surface area contributed by atoms with E-state index in [1.54, 1.807) is 0 Å². The van der Waals surface area contributed by atoms with Crippen LogP contribution in [0.15, 0.2) is 18.3 Å². The van der Waals surface area contributed by atoms with Crippen LogP contribution in [0.5, 0.6) is 0 Å². The van der Waals surface area contributed by atoms with Gasteiger partial charge in [0.2, 0.25) is 0 Å². The van der Waals surface area contributed by atoms with E-state index in [2.05, 4.69) is 4.57 Å². The number of aldehydes is 1. The summed E-state index contributed by atoms with van der Waals surface area (Å²) in [5, 5.41) is 8.25. The second-order valence-electron chi connectivity index (χ2n) is 3.48. The normalized spacial score (nSPS) is 13.7. The third kappa shape index (κ3) is 3.16. The molecule has 1 aromatic heterocycles. The van der Waals surface area contributed by atoms with E-state index in [0.29, 0.717) is 5.92 Å². The van der Waals surface area contributed by atoms with Crippen LogP contribution in [0, 0.1) is 0 Å². The Bertz CT molecular complexity index is 359. The topological polar surface area (TPSA) is 61.1 Å².